The Morgan fingerprint density at radius 3 is 2.94 bits per heavy atom. The second-order valence-electron chi connectivity index (χ2n) is 8.21. The number of amides is 1. The van der Waals surface area contributed by atoms with Gasteiger partial charge in [0.05, 0.1) is 36.6 Å². The zero-order valence-electron chi connectivity index (χ0n) is 17.9. The highest BCUT2D eigenvalue weighted by Crippen LogP contribution is 2.38. The fraction of sp³-hybridized carbons (Fsp3) is 0.280. The van der Waals surface area contributed by atoms with Gasteiger partial charge in [0.1, 0.15) is 0 Å². The molecule has 7 heteroatoms. The van der Waals surface area contributed by atoms with Crippen molar-refractivity contribution in [1.82, 2.24) is 15.3 Å². The van der Waals surface area contributed by atoms with Gasteiger partial charge in [-0.1, -0.05) is 24.3 Å². The van der Waals surface area contributed by atoms with Crippen LogP contribution in [0.4, 0.5) is 4.39 Å². The van der Waals surface area contributed by atoms with Crippen molar-refractivity contribution in [1.29, 1.82) is 0 Å². The molecule has 0 bridgehead atoms. The maximum atomic E-state index is 14.3. The molecule has 2 aromatic heterocycles. The number of H-pyrrole nitrogens is 1. The van der Waals surface area contributed by atoms with Crippen LogP contribution in [0.3, 0.4) is 0 Å². The lowest BCUT2D eigenvalue weighted by molar-refractivity contribution is -0.120. The number of para-hydroxylation sites is 1. The number of ether oxygens (including phenoxy) is 1. The number of aryl methyl sites for hydroxylation is 1. The van der Waals surface area contributed by atoms with E-state index in [4.69, 9.17) is 15.5 Å². The van der Waals surface area contributed by atoms with Crippen molar-refractivity contribution in [2.45, 2.75) is 31.7 Å². The van der Waals surface area contributed by atoms with E-state index in [-0.39, 0.29) is 24.2 Å². The Morgan fingerprint density at radius 1 is 1.31 bits per heavy atom. The summed E-state index contributed by atoms with van der Waals surface area (Å²) in [6, 6.07) is 13.0. The molecule has 5 rings (SSSR count). The minimum atomic E-state index is -0.399. The average molecular weight is 432 g/mol. The number of carbonyl (C=O) groups is 1. The number of methoxy groups -OCH3 is 1. The third-order valence-electron chi connectivity index (χ3n) is 6.22. The Balaban J connectivity index is 1.70. The number of halogens is 1. The molecule has 1 amide bonds. The molecule has 1 atom stereocenters. The van der Waals surface area contributed by atoms with Crippen LogP contribution in [0.1, 0.15) is 41.4 Å². The highest BCUT2D eigenvalue weighted by Gasteiger charge is 2.28. The topological polar surface area (TPSA) is 93.0 Å². The fourth-order valence-electron chi connectivity index (χ4n) is 4.76. The summed E-state index contributed by atoms with van der Waals surface area (Å²) in [5.74, 6) is -0.376. The Hall–Kier alpha value is -3.45. The van der Waals surface area contributed by atoms with E-state index >= 15 is 0 Å². The van der Waals surface area contributed by atoms with Crippen molar-refractivity contribution >= 4 is 27.7 Å². The SMILES string of the molecule is COc1ccc(Cc2nc3c(c4c2[nH]c2ccccc24)CCCC3NC(=O)CN)cc1F. The summed E-state index contributed by atoms with van der Waals surface area (Å²) in [6.07, 6.45) is 3.13. The number of hydrogen-bond donors (Lipinski definition) is 3. The van der Waals surface area contributed by atoms with Crippen LogP contribution in [0.2, 0.25) is 0 Å². The standard InChI is InChI=1S/C25H25FN4O2/c1-32-21-10-9-14(11-17(21)26)12-20-25-23(15-5-2-3-7-18(15)29-25)16-6-4-8-19(24(16)30-20)28-22(31)13-27/h2-3,5,7,9-11,19,29H,4,6,8,12-13,27H2,1H3,(H,28,31). The first kappa shape index (κ1) is 20.5. The van der Waals surface area contributed by atoms with Gasteiger partial charge in [-0.2, -0.15) is 0 Å². The molecule has 1 aliphatic carbocycles. The molecule has 6 nitrogen and oxygen atoms in total. The third kappa shape index (κ3) is 3.48. The van der Waals surface area contributed by atoms with E-state index in [0.717, 1.165) is 63.6 Å². The van der Waals surface area contributed by atoms with Gasteiger partial charge in [0, 0.05) is 22.7 Å². The molecule has 2 heterocycles. The van der Waals surface area contributed by atoms with Crippen molar-refractivity contribution in [3.63, 3.8) is 0 Å². The van der Waals surface area contributed by atoms with E-state index in [9.17, 15) is 9.18 Å². The molecule has 0 saturated heterocycles. The molecule has 0 radical (unpaired) electrons. The first-order valence-corrected chi connectivity index (χ1v) is 10.8. The summed E-state index contributed by atoms with van der Waals surface area (Å²) >= 11 is 0. The summed E-state index contributed by atoms with van der Waals surface area (Å²) in [4.78, 5) is 20.6. The predicted molar refractivity (Wildman–Crippen MR) is 122 cm³/mol. The van der Waals surface area contributed by atoms with Crippen LogP contribution in [0.15, 0.2) is 42.5 Å². The van der Waals surface area contributed by atoms with Crippen molar-refractivity contribution < 1.29 is 13.9 Å². The summed E-state index contributed by atoms with van der Waals surface area (Å²) in [5.41, 5.74) is 11.2. The average Bonchev–Trinajstić information content (AvgIpc) is 3.20. The van der Waals surface area contributed by atoms with Crippen LogP contribution in [0, 0.1) is 5.82 Å². The van der Waals surface area contributed by atoms with Gasteiger partial charge in [-0.15, -0.1) is 0 Å². The molecule has 4 aromatic rings. The van der Waals surface area contributed by atoms with Crippen LogP contribution >= 0.6 is 0 Å². The zero-order chi connectivity index (χ0) is 22.2. The normalized spacial score (nSPS) is 15.7. The molecule has 0 aliphatic heterocycles. The van der Waals surface area contributed by atoms with E-state index in [1.54, 1.807) is 6.07 Å². The maximum absolute atomic E-state index is 14.3. The van der Waals surface area contributed by atoms with Gasteiger partial charge in [0.15, 0.2) is 11.6 Å². The second-order valence-corrected chi connectivity index (χ2v) is 8.21. The number of rotatable bonds is 5. The lowest BCUT2D eigenvalue weighted by Crippen LogP contribution is -2.36. The molecule has 0 fully saturated rings. The van der Waals surface area contributed by atoms with E-state index in [1.807, 2.05) is 18.2 Å². The molecule has 0 saturated carbocycles. The number of nitrogens with one attached hydrogen (secondary N) is 2. The maximum Gasteiger partial charge on any atom is 0.234 e. The van der Waals surface area contributed by atoms with E-state index < -0.39 is 5.82 Å². The smallest absolute Gasteiger partial charge is 0.234 e. The van der Waals surface area contributed by atoms with Crippen LogP contribution in [0.5, 0.6) is 5.75 Å². The van der Waals surface area contributed by atoms with Gasteiger partial charge in [-0.3, -0.25) is 9.78 Å². The van der Waals surface area contributed by atoms with E-state index in [0.29, 0.717) is 6.42 Å². The number of nitrogens with two attached hydrogens (primary N) is 1. The zero-order valence-corrected chi connectivity index (χ0v) is 17.9. The number of hydrogen-bond acceptors (Lipinski definition) is 4. The van der Waals surface area contributed by atoms with E-state index in [1.165, 1.54) is 13.2 Å². The summed E-state index contributed by atoms with van der Waals surface area (Å²) < 4.78 is 19.4. The first-order chi connectivity index (χ1) is 15.6. The third-order valence-corrected chi connectivity index (χ3v) is 6.22. The monoisotopic (exact) mass is 432 g/mol. The highest BCUT2D eigenvalue weighted by atomic mass is 19.1. The molecule has 1 aliphatic rings. The van der Waals surface area contributed by atoms with Gasteiger partial charge in [-0.05, 0) is 48.6 Å². The quantitative estimate of drug-likeness (QED) is 0.446. The molecule has 164 valence electrons. The largest absolute Gasteiger partial charge is 0.494 e. The van der Waals surface area contributed by atoms with Crippen LogP contribution in [0.25, 0.3) is 21.8 Å². The van der Waals surface area contributed by atoms with Crippen LogP contribution < -0.4 is 15.8 Å². The number of nitrogens with zero attached hydrogens (tertiary/aromatic N) is 1. The minimum absolute atomic E-state index is 0.0564. The van der Waals surface area contributed by atoms with Gasteiger partial charge in [-0.25, -0.2) is 4.39 Å². The number of pyridine rings is 1. The number of carbonyl (C=O) groups excluding carboxylic acids is 1. The second kappa shape index (κ2) is 8.24. The molecule has 4 N–H and O–H groups in total. The molecular formula is C25H25FN4O2. The highest BCUT2D eigenvalue weighted by molar-refractivity contribution is 6.10. The molecular weight excluding hydrogens is 407 g/mol. The first-order valence-electron chi connectivity index (χ1n) is 10.8. The van der Waals surface area contributed by atoms with Gasteiger partial charge < -0.3 is 20.8 Å². The Bertz CT molecular complexity index is 1330. The summed E-state index contributed by atoms with van der Waals surface area (Å²) in [7, 11) is 1.45. The van der Waals surface area contributed by atoms with E-state index in [2.05, 4.69) is 22.4 Å². The summed E-state index contributed by atoms with van der Waals surface area (Å²) in [6.45, 7) is -0.0564. The van der Waals surface area contributed by atoms with Gasteiger partial charge in [0.25, 0.3) is 0 Å². The van der Waals surface area contributed by atoms with Crippen molar-refractivity contribution in [3.8, 4) is 5.75 Å². The summed E-state index contributed by atoms with van der Waals surface area (Å²) in [5, 5.41) is 5.31. The van der Waals surface area contributed by atoms with Gasteiger partial charge >= 0.3 is 0 Å². The lowest BCUT2D eigenvalue weighted by Gasteiger charge is -2.27. The number of aromatic amines is 1. The number of fused-ring (bicyclic) bond motifs is 5. The van der Waals surface area contributed by atoms with Crippen LogP contribution in [-0.2, 0) is 17.6 Å². The van der Waals surface area contributed by atoms with Crippen LogP contribution in [-0.4, -0.2) is 29.5 Å². The Kier molecular flexibility index (Phi) is 5.27. The van der Waals surface area contributed by atoms with Crippen molar-refractivity contribution in [2.24, 2.45) is 5.73 Å². The molecule has 32 heavy (non-hydrogen) atoms. The molecule has 0 spiro atoms. The Labute approximate surface area is 185 Å². The minimum Gasteiger partial charge on any atom is -0.494 e. The fourth-order valence-corrected chi connectivity index (χ4v) is 4.76. The van der Waals surface area contributed by atoms with Crippen molar-refractivity contribution in [2.75, 3.05) is 13.7 Å². The lowest BCUT2D eigenvalue weighted by atomic mass is 9.88. The van der Waals surface area contributed by atoms with Gasteiger partial charge in [0.2, 0.25) is 5.91 Å². The molecule has 1 unspecified atom stereocenters. The van der Waals surface area contributed by atoms with Crippen molar-refractivity contribution in [3.05, 3.63) is 70.8 Å². The number of benzene rings is 2. The number of aromatic nitrogens is 2. The predicted octanol–water partition coefficient (Wildman–Crippen LogP) is 3.91. The Morgan fingerprint density at radius 2 is 2.16 bits per heavy atom. The molecule has 2 aromatic carbocycles.